The van der Waals surface area contributed by atoms with E-state index in [1.54, 1.807) is 0 Å². The van der Waals surface area contributed by atoms with Crippen LogP contribution in [0.2, 0.25) is 0 Å². The number of benzene rings is 7. The smallest absolute Gasteiger partial charge is 0.0713 e. The minimum atomic E-state index is -0.408. The van der Waals surface area contributed by atoms with E-state index in [0.717, 1.165) is 0 Å². The number of hydrogen-bond acceptors (Lipinski definition) is 1. The average Bonchev–Trinajstić information content (AvgIpc) is 3.62. The first-order valence-corrected chi connectivity index (χ1v) is 16.0. The molecule has 0 aliphatic heterocycles. The lowest BCUT2D eigenvalue weighted by Gasteiger charge is -2.34. The van der Waals surface area contributed by atoms with Gasteiger partial charge >= 0.3 is 0 Å². The summed E-state index contributed by atoms with van der Waals surface area (Å²) in [5, 5.41) is 2.67. The second kappa shape index (κ2) is 9.91. The summed E-state index contributed by atoms with van der Waals surface area (Å²) in [6, 6.07) is 62.8. The molecule has 44 heavy (non-hydrogen) atoms. The molecular formula is C43H28S. The molecule has 0 N–H and O–H groups in total. The van der Waals surface area contributed by atoms with Crippen molar-refractivity contribution in [3.8, 4) is 33.4 Å². The lowest BCUT2D eigenvalue weighted by molar-refractivity contribution is 0.768. The highest BCUT2D eigenvalue weighted by atomic mass is 32.1. The summed E-state index contributed by atoms with van der Waals surface area (Å²) in [5.74, 6) is 0. The number of hydrogen-bond donors (Lipinski definition) is 0. The summed E-state index contributed by atoms with van der Waals surface area (Å²) < 4.78 is 2.67. The van der Waals surface area contributed by atoms with Crippen molar-refractivity contribution in [2.45, 2.75) is 5.41 Å². The van der Waals surface area contributed by atoms with Gasteiger partial charge in [0.25, 0.3) is 0 Å². The minimum absolute atomic E-state index is 0.408. The molecule has 0 nitrogen and oxygen atoms in total. The normalized spacial score (nSPS) is 13.2. The third-order valence-corrected chi connectivity index (χ3v) is 10.5. The maximum Gasteiger partial charge on any atom is 0.0713 e. The van der Waals surface area contributed by atoms with Crippen molar-refractivity contribution in [1.29, 1.82) is 0 Å². The second-order valence-electron chi connectivity index (χ2n) is 11.7. The van der Waals surface area contributed by atoms with Crippen LogP contribution in [0.5, 0.6) is 0 Å². The zero-order chi connectivity index (χ0) is 29.1. The van der Waals surface area contributed by atoms with E-state index in [1.165, 1.54) is 75.8 Å². The molecule has 0 unspecified atom stereocenters. The van der Waals surface area contributed by atoms with Gasteiger partial charge in [-0.25, -0.2) is 0 Å². The quantitative estimate of drug-likeness (QED) is 0.195. The highest BCUT2D eigenvalue weighted by Crippen LogP contribution is 2.57. The number of fused-ring (bicyclic) bond motifs is 6. The second-order valence-corrected chi connectivity index (χ2v) is 12.8. The Kier molecular flexibility index (Phi) is 5.69. The molecule has 0 saturated carbocycles. The molecular weight excluding hydrogens is 549 g/mol. The topological polar surface area (TPSA) is 0 Å². The first-order chi connectivity index (χ1) is 21.8. The molecule has 7 aromatic carbocycles. The van der Waals surface area contributed by atoms with Crippen LogP contribution in [0.1, 0.15) is 22.3 Å². The Hall–Kier alpha value is -5.24. The standard InChI is InChI=1S/C43H28S/c1-4-12-29(13-5-1)30-20-23-39-36(26-30)37-27-31(32-22-25-42-38(28-32)35-18-10-11-19-41(35)44-42)21-24-40(37)43(39,33-14-6-2-7-15-33)34-16-8-3-9-17-34/h1-28H. The van der Waals surface area contributed by atoms with E-state index in [4.69, 9.17) is 0 Å². The van der Waals surface area contributed by atoms with Crippen molar-refractivity contribution in [3.63, 3.8) is 0 Å². The van der Waals surface area contributed by atoms with Gasteiger partial charge in [-0.3, -0.25) is 0 Å². The Morgan fingerprint density at radius 2 is 0.818 bits per heavy atom. The molecule has 0 saturated heterocycles. The van der Waals surface area contributed by atoms with E-state index in [1.807, 2.05) is 11.3 Å². The van der Waals surface area contributed by atoms with Crippen molar-refractivity contribution >= 4 is 31.5 Å². The molecule has 206 valence electrons. The maximum absolute atomic E-state index is 2.44. The fourth-order valence-electron chi connectivity index (χ4n) is 7.39. The average molecular weight is 577 g/mol. The van der Waals surface area contributed by atoms with E-state index in [-0.39, 0.29) is 0 Å². The molecule has 1 aromatic heterocycles. The van der Waals surface area contributed by atoms with E-state index >= 15 is 0 Å². The molecule has 8 aromatic rings. The minimum Gasteiger partial charge on any atom is -0.135 e. The van der Waals surface area contributed by atoms with Crippen LogP contribution in [-0.2, 0) is 5.41 Å². The molecule has 1 aliphatic rings. The molecule has 0 atom stereocenters. The predicted molar refractivity (Wildman–Crippen MR) is 188 cm³/mol. The molecule has 0 bridgehead atoms. The third-order valence-electron chi connectivity index (χ3n) is 9.37. The Labute approximate surface area is 261 Å². The molecule has 1 aliphatic carbocycles. The van der Waals surface area contributed by atoms with Gasteiger partial charge in [0.15, 0.2) is 0 Å². The molecule has 9 rings (SSSR count). The van der Waals surface area contributed by atoms with E-state index in [2.05, 4.69) is 170 Å². The molecule has 0 radical (unpaired) electrons. The van der Waals surface area contributed by atoms with Gasteiger partial charge in [0.05, 0.1) is 5.41 Å². The van der Waals surface area contributed by atoms with E-state index in [0.29, 0.717) is 0 Å². The van der Waals surface area contributed by atoms with E-state index in [9.17, 15) is 0 Å². The van der Waals surface area contributed by atoms with Crippen molar-refractivity contribution in [2.75, 3.05) is 0 Å². The van der Waals surface area contributed by atoms with Crippen LogP contribution in [0, 0.1) is 0 Å². The van der Waals surface area contributed by atoms with Crippen molar-refractivity contribution in [2.24, 2.45) is 0 Å². The first-order valence-electron chi connectivity index (χ1n) is 15.2. The molecule has 1 heterocycles. The Morgan fingerprint density at radius 3 is 1.45 bits per heavy atom. The molecule has 0 fully saturated rings. The van der Waals surface area contributed by atoms with Gasteiger partial charge in [0, 0.05) is 20.2 Å². The van der Waals surface area contributed by atoms with Crippen LogP contribution in [0.3, 0.4) is 0 Å². The number of thiophene rings is 1. The van der Waals surface area contributed by atoms with Gasteiger partial charge in [-0.2, -0.15) is 0 Å². The summed E-state index contributed by atoms with van der Waals surface area (Å²) in [5.41, 5.74) is 12.4. The fraction of sp³-hybridized carbons (Fsp3) is 0.0233. The van der Waals surface area contributed by atoms with Gasteiger partial charge in [-0.05, 0) is 86.0 Å². The Bertz CT molecular complexity index is 2270. The Balaban J connectivity index is 1.33. The number of rotatable bonds is 4. The van der Waals surface area contributed by atoms with Gasteiger partial charge < -0.3 is 0 Å². The highest BCUT2D eigenvalue weighted by molar-refractivity contribution is 7.25. The van der Waals surface area contributed by atoms with Crippen molar-refractivity contribution in [3.05, 3.63) is 192 Å². The largest absolute Gasteiger partial charge is 0.135 e. The fourth-order valence-corrected chi connectivity index (χ4v) is 8.48. The van der Waals surface area contributed by atoms with Crippen LogP contribution in [0.4, 0.5) is 0 Å². The van der Waals surface area contributed by atoms with E-state index < -0.39 is 5.41 Å². The summed E-state index contributed by atoms with van der Waals surface area (Å²) >= 11 is 1.87. The Morgan fingerprint density at radius 1 is 0.341 bits per heavy atom. The first kappa shape index (κ1) is 25.3. The third kappa shape index (κ3) is 3.70. The highest BCUT2D eigenvalue weighted by Gasteiger charge is 2.46. The SMILES string of the molecule is c1ccc(-c2ccc3c(c2)-c2cc(-c4ccc5sc6ccccc6c5c4)ccc2C3(c2ccccc2)c2ccccc2)cc1. The predicted octanol–water partition coefficient (Wildman–Crippen LogP) is 11.8. The lowest BCUT2D eigenvalue weighted by Crippen LogP contribution is -2.28. The summed E-state index contributed by atoms with van der Waals surface area (Å²) in [6.07, 6.45) is 0. The van der Waals surface area contributed by atoms with Crippen LogP contribution >= 0.6 is 11.3 Å². The van der Waals surface area contributed by atoms with Gasteiger partial charge in [-0.15, -0.1) is 11.3 Å². The lowest BCUT2D eigenvalue weighted by atomic mass is 9.67. The monoisotopic (exact) mass is 576 g/mol. The van der Waals surface area contributed by atoms with Crippen molar-refractivity contribution in [1.82, 2.24) is 0 Å². The summed E-state index contributed by atoms with van der Waals surface area (Å²) in [4.78, 5) is 0. The van der Waals surface area contributed by atoms with Crippen molar-refractivity contribution < 1.29 is 0 Å². The van der Waals surface area contributed by atoms with Gasteiger partial charge in [0.1, 0.15) is 0 Å². The van der Waals surface area contributed by atoms with Crippen LogP contribution in [0.15, 0.2) is 170 Å². The van der Waals surface area contributed by atoms with Crippen LogP contribution < -0.4 is 0 Å². The van der Waals surface area contributed by atoms with Gasteiger partial charge in [-0.1, -0.05) is 140 Å². The molecule has 1 heteroatoms. The molecule has 0 amide bonds. The van der Waals surface area contributed by atoms with Crippen LogP contribution in [0.25, 0.3) is 53.6 Å². The van der Waals surface area contributed by atoms with Crippen LogP contribution in [-0.4, -0.2) is 0 Å². The summed E-state index contributed by atoms with van der Waals surface area (Å²) in [6.45, 7) is 0. The van der Waals surface area contributed by atoms with Gasteiger partial charge in [0.2, 0.25) is 0 Å². The summed E-state index contributed by atoms with van der Waals surface area (Å²) in [7, 11) is 0. The maximum atomic E-state index is 2.44. The zero-order valence-electron chi connectivity index (χ0n) is 24.1. The molecule has 0 spiro atoms. The zero-order valence-corrected chi connectivity index (χ0v) is 24.9.